The van der Waals surface area contributed by atoms with Gasteiger partial charge in [-0.25, -0.2) is 13.6 Å². The Hall–Kier alpha value is -1.94. The van der Waals surface area contributed by atoms with Gasteiger partial charge in [0.2, 0.25) is 0 Å². The van der Waals surface area contributed by atoms with E-state index >= 15 is 0 Å². The van der Waals surface area contributed by atoms with Crippen LogP contribution in [-0.2, 0) is 0 Å². The number of rotatable bonds is 2. The molecule has 2 aromatic rings. The maximum atomic E-state index is 13.5. The van der Waals surface area contributed by atoms with E-state index in [1.165, 1.54) is 18.2 Å². The number of carboxylic acid groups (broad SMARTS) is 1. The van der Waals surface area contributed by atoms with Crippen molar-refractivity contribution in [3.05, 3.63) is 58.6 Å². The van der Waals surface area contributed by atoms with Crippen molar-refractivity contribution in [2.75, 3.05) is 0 Å². The first-order valence-corrected chi connectivity index (χ1v) is 5.35. The predicted molar refractivity (Wildman–Crippen MR) is 63.8 cm³/mol. The molecular weight excluding hydrogens is 262 g/mol. The van der Waals surface area contributed by atoms with Gasteiger partial charge in [-0.2, -0.15) is 0 Å². The third-order valence-electron chi connectivity index (χ3n) is 2.44. The van der Waals surface area contributed by atoms with Crippen molar-refractivity contribution in [2.24, 2.45) is 0 Å². The fraction of sp³-hybridized carbons (Fsp3) is 0. The summed E-state index contributed by atoms with van der Waals surface area (Å²) >= 11 is 5.77. The number of hydrogen-bond donors (Lipinski definition) is 1. The molecule has 2 rings (SSSR count). The van der Waals surface area contributed by atoms with Gasteiger partial charge in [-0.3, -0.25) is 0 Å². The molecule has 0 heterocycles. The summed E-state index contributed by atoms with van der Waals surface area (Å²) in [5.74, 6) is -2.35. The third kappa shape index (κ3) is 2.33. The number of aromatic carboxylic acids is 1. The van der Waals surface area contributed by atoms with E-state index in [2.05, 4.69) is 0 Å². The van der Waals surface area contributed by atoms with E-state index in [9.17, 15) is 13.6 Å². The largest absolute Gasteiger partial charge is 0.478 e. The predicted octanol–water partition coefficient (Wildman–Crippen LogP) is 3.98. The fourth-order valence-electron chi connectivity index (χ4n) is 1.57. The van der Waals surface area contributed by atoms with Gasteiger partial charge in [-0.05, 0) is 35.9 Å². The second-order valence-corrected chi connectivity index (χ2v) is 4.03. The van der Waals surface area contributed by atoms with E-state index in [0.717, 1.165) is 18.2 Å². The number of carbonyl (C=O) groups is 1. The zero-order valence-electron chi connectivity index (χ0n) is 8.95. The molecule has 2 aromatic carbocycles. The molecular formula is C13H7ClF2O2. The van der Waals surface area contributed by atoms with Crippen LogP contribution >= 0.6 is 11.6 Å². The molecule has 0 bridgehead atoms. The Bertz CT molecular complexity index is 626. The average Bonchev–Trinajstić information content (AvgIpc) is 2.31. The molecule has 2 nitrogen and oxygen atoms in total. The lowest BCUT2D eigenvalue weighted by atomic mass is 10.0. The lowest BCUT2D eigenvalue weighted by Crippen LogP contribution is -1.97. The molecule has 0 aliphatic carbocycles. The highest BCUT2D eigenvalue weighted by molar-refractivity contribution is 6.33. The Labute approximate surface area is 106 Å². The Kier molecular flexibility index (Phi) is 3.30. The van der Waals surface area contributed by atoms with Gasteiger partial charge >= 0.3 is 5.97 Å². The lowest BCUT2D eigenvalue weighted by molar-refractivity contribution is 0.0697. The normalized spacial score (nSPS) is 10.4. The van der Waals surface area contributed by atoms with Crippen LogP contribution < -0.4 is 0 Å². The standard InChI is InChI=1S/C13H7ClF2O2/c14-11-5-7(1-3-9(11)13(17)18)10-6-8(15)2-4-12(10)16/h1-6H,(H,17,18). The molecule has 0 fully saturated rings. The van der Waals surface area contributed by atoms with E-state index in [1.807, 2.05) is 0 Å². The highest BCUT2D eigenvalue weighted by atomic mass is 35.5. The monoisotopic (exact) mass is 268 g/mol. The molecule has 0 aromatic heterocycles. The molecule has 0 spiro atoms. The highest BCUT2D eigenvalue weighted by Gasteiger charge is 2.12. The molecule has 0 aliphatic rings. The van der Waals surface area contributed by atoms with Crippen molar-refractivity contribution >= 4 is 17.6 Å². The van der Waals surface area contributed by atoms with Crippen LogP contribution in [0.5, 0.6) is 0 Å². The highest BCUT2D eigenvalue weighted by Crippen LogP contribution is 2.28. The van der Waals surface area contributed by atoms with Gasteiger partial charge < -0.3 is 5.11 Å². The molecule has 1 N–H and O–H groups in total. The molecule has 0 atom stereocenters. The van der Waals surface area contributed by atoms with Gasteiger partial charge in [0.25, 0.3) is 0 Å². The van der Waals surface area contributed by atoms with E-state index in [4.69, 9.17) is 16.7 Å². The minimum atomic E-state index is -1.17. The topological polar surface area (TPSA) is 37.3 Å². The van der Waals surface area contributed by atoms with E-state index in [-0.39, 0.29) is 16.1 Å². The first-order valence-electron chi connectivity index (χ1n) is 4.97. The maximum Gasteiger partial charge on any atom is 0.337 e. The quantitative estimate of drug-likeness (QED) is 0.894. The Morgan fingerprint density at radius 3 is 2.44 bits per heavy atom. The van der Waals surface area contributed by atoms with Gasteiger partial charge in [0.1, 0.15) is 11.6 Å². The molecule has 0 saturated carbocycles. The molecule has 0 radical (unpaired) electrons. The summed E-state index contributed by atoms with van der Waals surface area (Å²) < 4.78 is 26.6. The molecule has 18 heavy (non-hydrogen) atoms. The Morgan fingerprint density at radius 1 is 1.11 bits per heavy atom. The number of benzene rings is 2. The summed E-state index contributed by atoms with van der Waals surface area (Å²) in [5, 5.41) is 8.78. The summed E-state index contributed by atoms with van der Waals surface area (Å²) in [4.78, 5) is 10.8. The van der Waals surface area contributed by atoms with Crippen LogP contribution in [0, 0.1) is 11.6 Å². The van der Waals surface area contributed by atoms with Crippen molar-refractivity contribution in [1.82, 2.24) is 0 Å². The molecule has 0 saturated heterocycles. The number of carboxylic acids is 1. The number of halogens is 3. The van der Waals surface area contributed by atoms with Crippen molar-refractivity contribution in [1.29, 1.82) is 0 Å². The summed E-state index contributed by atoms with van der Waals surface area (Å²) in [7, 11) is 0. The summed E-state index contributed by atoms with van der Waals surface area (Å²) in [6.07, 6.45) is 0. The van der Waals surface area contributed by atoms with Gasteiger partial charge in [-0.1, -0.05) is 17.7 Å². The van der Waals surface area contributed by atoms with Crippen LogP contribution in [0.3, 0.4) is 0 Å². The van der Waals surface area contributed by atoms with Crippen LogP contribution in [-0.4, -0.2) is 11.1 Å². The first kappa shape index (κ1) is 12.5. The van der Waals surface area contributed by atoms with Crippen molar-refractivity contribution in [3.8, 4) is 11.1 Å². The fourth-order valence-corrected chi connectivity index (χ4v) is 1.84. The second-order valence-electron chi connectivity index (χ2n) is 3.62. The summed E-state index contributed by atoms with van der Waals surface area (Å²) in [5.41, 5.74) is 0.271. The first-order chi connectivity index (χ1) is 8.49. The van der Waals surface area contributed by atoms with E-state index < -0.39 is 17.6 Å². The zero-order valence-corrected chi connectivity index (χ0v) is 9.71. The average molecular weight is 269 g/mol. The molecule has 0 amide bonds. The van der Waals surface area contributed by atoms with Crippen LogP contribution in [0.15, 0.2) is 36.4 Å². The van der Waals surface area contributed by atoms with Gasteiger partial charge in [0.05, 0.1) is 10.6 Å². The van der Waals surface area contributed by atoms with Crippen molar-refractivity contribution in [3.63, 3.8) is 0 Å². The third-order valence-corrected chi connectivity index (χ3v) is 2.75. The van der Waals surface area contributed by atoms with E-state index in [1.54, 1.807) is 0 Å². The zero-order chi connectivity index (χ0) is 13.3. The SMILES string of the molecule is O=C(O)c1ccc(-c2cc(F)ccc2F)cc1Cl. The minimum Gasteiger partial charge on any atom is -0.478 e. The van der Waals surface area contributed by atoms with Crippen LogP contribution in [0.1, 0.15) is 10.4 Å². The summed E-state index contributed by atoms with van der Waals surface area (Å²) in [6.45, 7) is 0. The van der Waals surface area contributed by atoms with Crippen molar-refractivity contribution < 1.29 is 18.7 Å². The molecule has 5 heteroatoms. The molecule has 0 unspecified atom stereocenters. The minimum absolute atomic E-state index is 0.0244. The van der Waals surface area contributed by atoms with Crippen LogP contribution in [0.2, 0.25) is 5.02 Å². The Balaban J connectivity index is 2.55. The van der Waals surface area contributed by atoms with Gasteiger partial charge in [0, 0.05) is 5.56 Å². The van der Waals surface area contributed by atoms with E-state index in [0.29, 0.717) is 5.56 Å². The molecule has 0 aliphatic heterocycles. The molecule has 92 valence electrons. The van der Waals surface area contributed by atoms with Crippen LogP contribution in [0.25, 0.3) is 11.1 Å². The lowest BCUT2D eigenvalue weighted by Gasteiger charge is -2.06. The van der Waals surface area contributed by atoms with Crippen LogP contribution in [0.4, 0.5) is 8.78 Å². The second kappa shape index (κ2) is 4.74. The van der Waals surface area contributed by atoms with Crippen molar-refractivity contribution in [2.45, 2.75) is 0 Å². The Morgan fingerprint density at radius 2 is 1.83 bits per heavy atom. The van der Waals surface area contributed by atoms with Gasteiger partial charge in [-0.15, -0.1) is 0 Å². The maximum absolute atomic E-state index is 13.5. The smallest absolute Gasteiger partial charge is 0.337 e. The van der Waals surface area contributed by atoms with Gasteiger partial charge in [0.15, 0.2) is 0 Å². The summed E-state index contributed by atoms with van der Waals surface area (Å²) in [6, 6.07) is 6.97. The number of hydrogen-bond acceptors (Lipinski definition) is 1.